The molecule has 0 unspecified atom stereocenters. The summed E-state index contributed by atoms with van der Waals surface area (Å²) in [5.74, 6) is 1.69. The minimum Gasteiger partial charge on any atom is -0.493 e. The first-order chi connectivity index (χ1) is 13.2. The number of hydrogen-bond acceptors (Lipinski definition) is 6. The van der Waals surface area contributed by atoms with Gasteiger partial charge in [-0.05, 0) is 31.6 Å². The van der Waals surface area contributed by atoms with Crippen LogP contribution in [0.25, 0.3) is 0 Å². The third-order valence-corrected chi connectivity index (χ3v) is 5.38. The highest BCUT2D eigenvalue weighted by Crippen LogP contribution is 2.41. The number of fused-ring (bicyclic) bond motifs is 1. The van der Waals surface area contributed by atoms with E-state index in [2.05, 4.69) is 17.1 Å². The molecular weight excluding hydrogens is 348 g/mol. The Balaban J connectivity index is 1.69. The second kappa shape index (κ2) is 9.28. The van der Waals surface area contributed by atoms with E-state index in [0.717, 1.165) is 32.5 Å². The topological polar surface area (TPSA) is 69.3 Å². The molecule has 0 spiro atoms. The molecule has 2 aliphatic heterocycles. The Bertz CT molecular complexity index is 652. The smallest absolute Gasteiger partial charge is 0.255 e. The van der Waals surface area contributed by atoms with Crippen LogP contribution in [0.15, 0.2) is 12.1 Å². The average molecular weight is 378 g/mol. The molecule has 2 atom stereocenters. The van der Waals surface area contributed by atoms with Gasteiger partial charge < -0.3 is 29.2 Å². The lowest BCUT2D eigenvalue weighted by Crippen LogP contribution is -2.48. The van der Waals surface area contributed by atoms with E-state index < -0.39 is 0 Å². The molecule has 27 heavy (non-hydrogen) atoms. The number of benzene rings is 1. The molecule has 0 radical (unpaired) electrons. The molecule has 1 saturated heterocycles. The first-order valence-electron chi connectivity index (χ1n) is 9.67. The van der Waals surface area contributed by atoms with E-state index >= 15 is 0 Å². The summed E-state index contributed by atoms with van der Waals surface area (Å²) in [6, 6.07) is 3.48. The van der Waals surface area contributed by atoms with Gasteiger partial charge >= 0.3 is 0 Å². The van der Waals surface area contributed by atoms with Crippen LogP contribution in [0.3, 0.4) is 0 Å². The van der Waals surface area contributed by atoms with Gasteiger partial charge in [-0.3, -0.25) is 4.79 Å². The van der Waals surface area contributed by atoms with Crippen molar-refractivity contribution >= 4 is 5.91 Å². The predicted octanol–water partition coefficient (Wildman–Crippen LogP) is 1.94. The summed E-state index contributed by atoms with van der Waals surface area (Å²) in [6.07, 6.45) is 1.91. The van der Waals surface area contributed by atoms with Gasteiger partial charge in [-0.25, -0.2) is 0 Å². The third-order valence-electron chi connectivity index (χ3n) is 5.38. The molecule has 2 aliphatic rings. The molecule has 1 aromatic carbocycles. The lowest BCUT2D eigenvalue weighted by molar-refractivity contribution is -0.00876. The fourth-order valence-electron chi connectivity index (χ4n) is 3.71. The van der Waals surface area contributed by atoms with Crippen molar-refractivity contribution in [3.8, 4) is 17.2 Å². The highest BCUT2D eigenvalue weighted by Gasteiger charge is 2.30. The van der Waals surface area contributed by atoms with E-state index in [9.17, 15) is 4.79 Å². The predicted molar refractivity (Wildman–Crippen MR) is 102 cm³/mol. The van der Waals surface area contributed by atoms with Gasteiger partial charge in [0, 0.05) is 32.5 Å². The van der Waals surface area contributed by atoms with Crippen LogP contribution in [0.1, 0.15) is 30.1 Å². The van der Waals surface area contributed by atoms with Crippen LogP contribution in [-0.4, -0.2) is 70.5 Å². The molecule has 150 valence electrons. The number of nitrogens with one attached hydrogen (secondary N) is 1. The number of nitrogens with zero attached hydrogens (tertiary/aromatic N) is 1. The maximum atomic E-state index is 12.8. The van der Waals surface area contributed by atoms with Crippen molar-refractivity contribution in [3.63, 3.8) is 0 Å². The summed E-state index contributed by atoms with van der Waals surface area (Å²) < 4.78 is 22.6. The van der Waals surface area contributed by atoms with Crippen LogP contribution >= 0.6 is 0 Å². The molecule has 3 rings (SSSR count). The summed E-state index contributed by atoms with van der Waals surface area (Å²) in [4.78, 5) is 15.2. The molecular formula is C20H30N2O5. The summed E-state index contributed by atoms with van der Waals surface area (Å²) in [5, 5.41) is 3.06. The van der Waals surface area contributed by atoms with E-state index in [1.54, 1.807) is 26.4 Å². The van der Waals surface area contributed by atoms with E-state index in [1.165, 1.54) is 0 Å². The molecule has 7 nitrogen and oxygen atoms in total. The van der Waals surface area contributed by atoms with E-state index in [0.29, 0.717) is 48.5 Å². The molecule has 0 bridgehead atoms. The van der Waals surface area contributed by atoms with E-state index in [1.807, 2.05) is 0 Å². The maximum absolute atomic E-state index is 12.8. The number of carbonyl (C=O) groups is 1. The summed E-state index contributed by atoms with van der Waals surface area (Å²) in [5.41, 5.74) is 0.479. The van der Waals surface area contributed by atoms with Crippen molar-refractivity contribution in [1.82, 2.24) is 10.2 Å². The van der Waals surface area contributed by atoms with Crippen molar-refractivity contribution < 1.29 is 23.7 Å². The Morgan fingerprint density at radius 1 is 1.26 bits per heavy atom. The minimum atomic E-state index is -0.160. The SMILES string of the molecule is CCN1CC[C@@H](CNC(=O)c2ccc(OC)c3c2OCCCO3)[C@H](OC)C1. The number of carbonyl (C=O) groups excluding carboxylic acids is 1. The quantitative estimate of drug-likeness (QED) is 0.816. The van der Waals surface area contributed by atoms with Gasteiger partial charge in [0.15, 0.2) is 11.5 Å². The van der Waals surface area contributed by atoms with Gasteiger partial charge in [-0.2, -0.15) is 0 Å². The van der Waals surface area contributed by atoms with E-state index in [-0.39, 0.29) is 12.0 Å². The Kier molecular flexibility index (Phi) is 6.79. The molecule has 1 amide bonds. The molecule has 2 heterocycles. The molecule has 7 heteroatoms. The van der Waals surface area contributed by atoms with Gasteiger partial charge in [0.25, 0.3) is 5.91 Å². The summed E-state index contributed by atoms with van der Waals surface area (Å²) in [7, 11) is 3.32. The monoisotopic (exact) mass is 378 g/mol. The normalized spacial score (nSPS) is 22.8. The number of ether oxygens (including phenoxy) is 4. The summed E-state index contributed by atoms with van der Waals surface area (Å²) >= 11 is 0. The first kappa shape index (κ1) is 19.8. The molecule has 1 fully saturated rings. The van der Waals surface area contributed by atoms with Crippen molar-refractivity contribution in [2.75, 3.05) is 53.6 Å². The average Bonchev–Trinajstić information content (AvgIpc) is 2.97. The number of likely N-dealkylation sites (tertiary alicyclic amines) is 1. The number of rotatable bonds is 6. The van der Waals surface area contributed by atoms with Crippen molar-refractivity contribution in [3.05, 3.63) is 17.7 Å². The lowest BCUT2D eigenvalue weighted by atomic mass is 9.93. The van der Waals surface area contributed by atoms with Crippen LogP contribution in [0.5, 0.6) is 17.2 Å². The zero-order chi connectivity index (χ0) is 19.2. The standard InChI is InChI=1S/C20H30N2O5/c1-4-22-9-8-14(17(13-22)25-3)12-21-20(23)15-6-7-16(24-2)19-18(15)26-10-5-11-27-19/h6-7,14,17H,4-5,8-13H2,1-3H3,(H,21,23)/t14-,17+/m0/s1. The number of piperidine rings is 1. The fourth-order valence-corrected chi connectivity index (χ4v) is 3.71. The lowest BCUT2D eigenvalue weighted by Gasteiger charge is -2.37. The van der Waals surface area contributed by atoms with Gasteiger partial charge in [0.1, 0.15) is 0 Å². The third kappa shape index (κ3) is 4.47. The Labute approximate surface area is 160 Å². The highest BCUT2D eigenvalue weighted by molar-refractivity contribution is 5.98. The van der Waals surface area contributed by atoms with Gasteiger partial charge in [0.2, 0.25) is 5.75 Å². The number of methoxy groups -OCH3 is 2. The van der Waals surface area contributed by atoms with Crippen LogP contribution in [0.4, 0.5) is 0 Å². The number of hydrogen-bond donors (Lipinski definition) is 1. The van der Waals surface area contributed by atoms with E-state index in [4.69, 9.17) is 18.9 Å². The van der Waals surface area contributed by atoms with Crippen molar-refractivity contribution in [2.45, 2.75) is 25.9 Å². The Morgan fingerprint density at radius 3 is 2.74 bits per heavy atom. The number of likely N-dealkylation sites (N-methyl/N-ethyl adjacent to an activating group) is 1. The summed E-state index contributed by atoms with van der Waals surface area (Å²) in [6.45, 7) is 6.76. The Morgan fingerprint density at radius 2 is 2.04 bits per heavy atom. The fraction of sp³-hybridized carbons (Fsp3) is 0.650. The van der Waals surface area contributed by atoms with Gasteiger partial charge in [0.05, 0.1) is 32.0 Å². The Hall–Kier alpha value is -1.99. The molecule has 0 saturated carbocycles. The second-order valence-electron chi connectivity index (χ2n) is 6.95. The zero-order valence-corrected chi connectivity index (χ0v) is 16.5. The second-order valence-corrected chi connectivity index (χ2v) is 6.95. The van der Waals surface area contributed by atoms with Crippen LogP contribution in [0, 0.1) is 5.92 Å². The number of amides is 1. The van der Waals surface area contributed by atoms with Gasteiger partial charge in [-0.15, -0.1) is 0 Å². The van der Waals surface area contributed by atoms with Crippen molar-refractivity contribution in [1.29, 1.82) is 0 Å². The van der Waals surface area contributed by atoms with Gasteiger partial charge in [-0.1, -0.05) is 6.92 Å². The minimum absolute atomic E-state index is 0.131. The van der Waals surface area contributed by atoms with Crippen LogP contribution in [0.2, 0.25) is 0 Å². The molecule has 1 N–H and O–H groups in total. The largest absolute Gasteiger partial charge is 0.493 e. The van der Waals surface area contributed by atoms with Crippen LogP contribution in [-0.2, 0) is 4.74 Å². The molecule has 1 aromatic rings. The van der Waals surface area contributed by atoms with Crippen LogP contribution < -0.4 is 19.5 Å². The zero-order valence-electron chi connectivity index (χ0n) is 16.5. The first-order valence-corrected chi connectivity index (χ1v) is 9.67. The van der Waals surface area contributed by atoms with Crippen molar-refractivity contribution in [2.24, 2.45) is 5.92 Å². The highest BCUT2D eigenvalue weighted by atomic mass is 16.5. The molecule has 0 aromatic heterocycles. The maximum Gasteiger partial charge on any atom is 0.255 e. The molecule has 0 aliphatic carbocycles.